The van der Waals surface area contributed by atoms with E-state index >= 15 is 0 Å². The van der Waals surface area contributed by atoms with E-state index in [-0.39, 0.29) is 36.8 Å². The molecule has 23 heavy (non-hydrogen) atoms. The van der Waals surface area contributed by atoms with Gasteiger partial charge in [0.1, 0.15) is 0 Å². The fourth-order valence-electron chi connectivity index (χ4n) is 2.50. The van der Waals surface area contributed by atoms with Crippen LogP contribution in [0.15, 0.2) is 24.3 Å². The number of anilines is 1. The normalized spacial score (nSPS) is 21.1. The van der Waals surface area contributed by atoms with Crippen molar-refractivity contribution in [2.45, 2.75) is 12.6 Å². The molecule has 0 aromatic heterocycles. The number of hydrogen-bond donors (Lipinski definition) is 2. The Kier molecular flexibility index (Phi) is 9.27. The van der Waals surface area contributed by atoms with Gasteiger partial charge in [0.15, 0.2) is 0 Å². The average molecular weight is 380 g/mol. The maximum absolute atomic E-state index is 12.0. The number of carbonyl (C=O) groups is 1. The van der Waals surface area contributed by atoms with E-state index in [9.17, 15) is 4.79 Å². The first-order valence-electron chi connectivity index (χ1n) is 7.32. The third-order valence-corrected chi connectivity index (χ3v) is 4.70. The van der Waals surface area contributed by atoms with Gasteiger partial charge in [-0.2, -0.15) is 0 Å². The zero-order chi connectivity index (χ0) is 14.5. The maximum atomic E-state index is 12.0. The van der Waals surface area contributed by atoms with Crippen molar-refractivity contribution in [1.29, 1.82) is 0 Å². The maximum Gasteiger partial charge on any atom is 0.242 e. The quantitative estimate of drug-likeness (QED) is 0.837. The highest BCUT2D eigenvalue weighted by molar-refractivity contribution is 7.99. The molecule has 1 amide bonds. The number of benzene rings is 1. The third-order valence-electron chi connectivity index (χ3n) is 3.76. The summed E-state index contributed by atoms with van der Waals surface area (Å²) >= 11 is 1.76. The van der Waals surface area contributed by atoms with Gasteiger partial charge in [0.05, 0.1) is 19.3 Å². The number of amides is 1. The van der Waals surface area contributed by atoms with Crippen molar-refractivity contribution in [2.24, 2.45) is 0 Å². The molecule has 0 radical (unpaired) electrons. The minimum absolute atomic E-state index is 0. The summed E-state index contributed by atoms with van der Waals surface area (Å²) in [7, 11) is 0. The monoisotopic (exact) mass is 379 g/mol. The third kappa shape index (κ3) is 6.14. The molecule has 0 spiro atoms. The van der Waals surface area contributed by atoms with Gasteiger partial charge in [-0.25, -0.2) is 0 Å². The predicted molar refractivity (Wildman–Crippen MR) is 99.9 cm³/mol. The lowest BCUT2D eigenvalue weighted by Gasteiger charge is -2.26. The summed E-state index contributed by atoms with van der Waals surface area (Å²) in [6.45, 7) is 4.56. The molecule has 2 heterocycles. The standard InChI is InChI=1S/C15H21N3O2S.2ClH/c19-15(14-10-21-11-16-14)17-13-3-1-12(2-4-13)9-18-5-7-20-8-6-18;;/h1-4,14,16H,5-11H2,(H,17,19);2*1H. The summed E-state index contributed by atoms with van der Waals surface area (Å²) in [6.07, 6.45) is 0. The van der Waals surface area contributed by atoms with E-state index in [1.165, 1.54) is 5.56 Å². The van der Waals surface area contributed by atoms with E-state index in [0.29, 0.717) is 0 Å². The van der Waals surface area contributed by atoms with Crippen molar-refractivity contribution in [1.82, 2.24) is 10.2 Å². The zero-order valence-corrected chi connectivity index (χ0v) is 15.3. The summed E-state index contributed by atoms with van der Waals surface area (Å²) < 4.78 is 5.35. The number of ether oxygens (including phenoxy) is 1. The molecule has 130 valence electrons. The Labute approximate surface area is 153 Å². The van der Waals surface area contributed by atoms with E-state index in [0.717, 1.165) is 50.2 Å². The highest BCUT2D eigenvalue weighted by Gasteiger charge is 2.22. The van der Waals surface area contributed by atoms with Crippen LogP contribution >= 0.6 is 36.6 Å². The first kappa shape index (κ1) is 20.5. The molecule has 2 aliphatic rings. The van der Waals surface area contributed by atoms with Gasteiger partial charge in [-0.1, -0.05) is 12.1 Å². The lowest BCUT2D eigenvalue weighted by molar-refractivity contribution is -0.117. The smallest absolute Gasteiger partial charge is 0.242 e. The number of morpholine rings is 1. The Balaban J connectivity index is 0.00000132. The highest BCUT2D eigenvalue weighted by Crippen LogP contribution is 2.15. The van der Waals surface area contributed by atoms with E-state index in [1.807, 2.05) is 12.1 Å². The molecule has 0 aliphatic carbocycles. The Hall–Kier alpha value is -0.500. The summed E-state index contributed by atoms with van der Waals surface area (Å²) in [6, 6.07) is 8.07. The van der Waals surface area contributed by atoms with Crippen molar-refractivity contribution in [2.75, 3.05) is 43.2 Å². The topological polar surface area (TPSA) is 53.6 Å². The van der Waals surface area contributed by atoms with Crippen molar-refractivity contribution in [3.63, 3.8) is 0 Å². The second-order valence-corrected chi connectivity index (χ2v) is 6.38. The lowest BCUT2D eigenvalue weighted by Crippen LogP contribution is -2.37. The first-order valence-corrected chi connectivity index (χ1v) is 8.48. The van der Waals surface area contributed by atoms with Crippen LogP contribution in [0.3, 0.4) is 0 Å². The van der Waals surface area contributed by atoms with Gasteiger partial charge in [0.25, 0.3) is 0 Å². The minimum atomic E-state index is -0.0666. The summed E-state index contributed by atoms with van der Waals surface area (Å²) in [4.78, 5) is 14.4. The van der Waals surface area contributed by atoms with Crippen LogP contribution < -0.4 is 10.6 Å². The lowest BCUT2D eigenvalue weighted by atomic mass is 10.2. The number of thioether (sulfide) groups is 1. The van der Waals surface area contributed by atoms with Crippen LogP contribution in [-0.2, 0) is 16.1 Å². The van der Waals surface area contributed by atoms with Crippen LogP contribution in [0.5, 0.6) is 0 Å². The van der Waals surface area contributed by atoms with Crippen LogP contribution in [0.1, 0.15) is 5.56 Å². The average Bonchev–Trinajstić information content (AvgIpc) is 3.05. The Bertz CT molecular complexity index is 478. The number of halogens is 2. The molecule has 1 aromatic rings. The van der Waals surface area contributed by atoms with Crippen molar-refractivity contribution in [3.8, 4) is 0 Å². The van der Waals surface area contributed by atoms with Crippen molar-refractivity contribution < 1.29 is 9.53 Å². The SMILES string of the molecule is Cl.Cl.O=C(Nc1ccc(CN2CCOCC2)cc1)C1CSCN1. The summed E-state index contributed by atoms with van der Waals surface area (Å²) in [5.74, 6) is 1.76. The Morgan fingerprint density at radius 2 is 1.96 bits per heavy atom. The fourth-order valence-corrected chi connectivity index (χ4v) is 3.45. The number of nitrogens with one attached hydrogen (secondary N) is 2. The van der Waals surface area contributed by atoms with Crippen molar-refractivity contribution in [3.05, 3.63) is 29.8 Å². The molecule has 0 bridgehead atoms. The van der Waals surface area contributed by atoms with E-state index in [1.54, 1.807) is 11.8 Å². The molecule has 2 fully saturated rings. The van der Waals surface area contributed by atoms with E-state index in [4.69, 9.17) is 4.74 Å². The van der Waals surface area contributed by atoms with Crippen LogP contribution in [0.25, 0.3) is 0 Å². The number of carbonyl (C=O) groups excluding carboxylic acids is 1. The molecule has 2 saturated heterocycles. The highest BCUT2D eigenvalue weighted by atomic mass is 35.5. The van der Waals surface area contributed by atoms with E-state index < -0.39 is 0 Å². The van der Waals surface area contributed by atoms with Crippen LogP contribution in [0.4, 0.5) is 5.69 Å². The molecular weight excluding hydrogens is 357 g/mol. The fraction of sp³-hybridized carbons (Fsp3) is 0.533. The molecule has 1 aromatic carbocycles. The predicted octanol–water partition coefficient (Wildman–Crippen LogP) is 1.96. The number of hydrogen-bond acceptors (Lipinski definition) is 5. The Morgan fingerprint density at radius 3 is 2.57 bits per heavy atom. The summed E-state index contributed by atoms with van der Waals surface area (Å²) in [5.41, 5.74) is 2.13. The molecule has 5 nitrogen and oxygen atoms in total. The number of rotatable bonds is 4. The van der Waals surface area contributed by atoms with Crippen LogP contribution in [0.2, 0.25) is 0 Å². The van der Waals surface area contributed by atoms with Crippen LogP contribution in [-0.4, -0.2) is 54.8 Å². The van der Waals surface area contributed by atoms with Gasteiger partial charge >= 0.3 is 0 Å². The largest absolute Gasteiger partial charge is 0.379 e. The van der Waals surface area contributed by atoms with Gasteiger partial charge in [-0.3, -0.25) is 15.0 Å². The van der Waals surface area contributed by atoms with E-state index in [2.05, 4.69) is 27.7 Å². The molecule has 3 rings (SSSR count). The molecular formula is C15H23Cl2N3O2S. The van der Waals surface area contributed by atoms with Gasteiger partial charge < -0.3 is 10.1 Å². The summed E-state index contributed by atoms with van der Waals surface area (Å²) in [5, 5.41) is 6.14. The van der Waals surface area contributed by atoms with Gasteiger partial charge in [-0.05, 0) is 17.7 Å². The number of nitrogens with zero attached hydrogens (tertiary/aromatic N) is 1. The molecule has 2 N–H and O–H groups in total. The second-order valence-electron chi connectivity index (χ2n) is 5.35. The van der Waals surface area contributed by atoms with Crippen LogP contribution in [0, 0.1) is 0 Å². The minimum Gasteiger partial charge on any atom is -0.379 e. The van der Waals surface area contributed by atoms with Gasteiger partial charge in [0.2, 0.25) is 5.91 Å². The molecule has 8 heteroatoms. The molecule has 2 aliphatic heterocycles. The van der Waals surface area contributed by atoms with Gasteiger partial charge in [-0.15, -0.1) is 36.6 Å². The molecule has 1 unspecified atom stereocenters. The molecule has 1 atom stereocenters. The first-order chi connectivity index (χ1) is 10.3. The van der Waals surface area contributed by atoms with Crippen molar-refractivity contribution >= 4 is 48.2 Å². The molecule has 0 saturated carbocycles. The second kappa shape index (κ2) is 10.4. The zero-order valence-electron chi connectivity index (χ0n) is 12.8. The Morgan fingerprint density at radius 1 is 1.26 bits per heavy atom. The van der Waals surface area contributed by atoms with Gasteiger partial charge in [0, 0.05) is 37.0 Å².